The minimum absolute atomic E-state index is 0.226. The van der Waals surface area contributed by atoms with Gasteiger partial charge in [-0.15, -0.1) is 0 Å². The van der Waals surface area contributed by atoms with Crippen LogP contribution in [0.3, 0.4) is 0 Å². The average molecular weight is 751 g/mol. The Labute approximate surface area is 331 Å². The monoisotopic (exact) mass is 750 g/mol. The summed E-state index contributed by atoms with van der Waals surface area (Å²) in [7, 11) is 0. The molecule has 2 aromatic heterocycles. The van der Waals surface area contributed by atoms with Crippen molar-refractivity contribution in [2.45, 2.75) is 19.6 Å². The van der Waals surface area contributed by atoms with Crippen LogP contribution in [0.25, 0.3) is 33.6 Å². The van der Waals surface area contributed by atoms with Crippen molar-refractivity contribution in [1.29, 1.82) is 0 Å². The molecule has 11 nitrogen and oxygen atoms in total. The third-order valence-corrected chi connectivity index (χ3v) is 9.50. The lowest BCUT2D eigenvalue weighted by Crippen LogP contribution is -2.14. The number of anilines is 4. The van der Waals surface area contributed by atoms with Crippen LogP contribution in [-0.4, -0.2) is 48.5 Å². The van der Waals surface area contributed by atoms with Gasteiger partial charge in [-0.05, 0) is 53.1 Å². The minimum Gasteiger partial charge on any atom is -0.383 e. The SMILES string of the molecule is O=C(Nc1ccc(-c2ccccc2)c(NCCn2cncn2)c1)c1cccc(-c2ncn(CCNc3cc(NCc4ccccc4)ccc3-c3ccccc3)n2)c1. The molecule has 6 aromatic carbocycles. The van der Waals surface area contributed by atoms with E-state index in [0.717, 1.165) is 51.4 Å². The van der Waals surface area contributed by atoms with E-state index in [9.17, 15) is 4.79 Å². The maximum absolute atomic E-state index is 13.6. The third-order valence-electron chi connectivity index (χ3n) is 9.50. The smallest absolute Gasteiger partial charge is 0.255 e. The molecular weight excluding hydrogens is 709 g/mol. The van der Waals surface area contributed by atoms with Gasteiger partial charge in [0, 0.05) is 64.6 Å². The standard InChI is InChI=1S/C46H42N10O/c57-46(53-40-20-22-42(36-15-8-3-9-16-36)44(29-40)48-23-25-55-32-47-31-52-55)38-18-10-17-37(27-38)45-51-33-56(54-45)26-24-49-43-28-39(50-30-34-11-4-1-5-12-34)19-21-41(43)35-13-6-2-7-14-35/h1-22,27-29,31-33,48-50H,23-26,30H2,(H,53,57). The van der Waals surface area contributed by atoms with Gasteiger partial charge in [0.2, 0.25) is 0 Å². The summed E-state index contributed by atoms with van der Waals surface area (Å²) in [5.74, 6) is 0.323. The number of nitrogens with zero attached hydrogens (tertiary/aromatic N) is 6. The van der Waals surface area contributed by atoms with Crippen LogP contribution in [0.4, 0.5) is 22.7 Å². The Balaban J connectivity index is 0.921. The highest BCUT2D eigenvalue weighted by atomic mass is 16.1. The minimum atomic E-state index is -0.226. The lowest BCUT2D eigenvalue weighted by molar-refractivity contribution is 0.102. The predicted octanol–water partition coefficient (Wildman–Crippen LogP) is 8.96. The molecule has 8 aromatic rings. The molecule has 0 radical (unpaired) electrons. The van der Waals surface area contributed by atoms with E-state index in [0.29, 0.717) is 43.3 Å². The van der Waals surface area contributed by atoms with Gasteiger partial charge in [-0.1, -0.05) is 115 Å². The predicted molar refractivity (Wildman–Crippen MR) is 228 cm³/mol. The number of benzene rings is 6. The Bertz CT molecular complexity index is 2520. The highest BCUT2D eigenvalue weighted by Gasteiger charge is 2.13. The summed E-state index contributed by atoms with van der Waals surface area (Å²) in [4.78, 5) is 22.2. The molecule has 282 valence electrons. The van der Waals surface area contributed by atoms with Crippen molar-refractivity contribution in [2.24, 2.45) is 0 Å². The van der Waals surface area contributed by atoms with Crippen LogP contribution in [0.15, 0.2) is 171 Å². The number of hydrogen-bond acceptors (Lipinski definition) is 8. The number of carbonyl (C=O) groups excluding carboxylic acids is 1. The van der Waals surface area contributed by atoms with Crippen LogP contribution in [0, 0.1) is 0 Å². The quantitative estimate of drug-likeness (QED) is 0.0772. The zero-order chi connectivity index (χ0) is 38.7. The van der Waals surface area contributed by atoms with Crippen molar-refractivity contribution in [3.05, 3.63) is 182 Å². The third kappa shape index (κ3) is 9.41. The molecule has 4 N–H and O–H groups in total. The van der Waals surface area contributed by atoms with Gasteiger partial charge < -0.3 is 21.3 Å². The van der Waals surface area contributed by atoms with E-state index >= 15 is 0 Å². The highest BCUT2D eigenvalue weighted by molar-refractivity contribution is 6.05. The van der Waals surface area contributed by atoms with Crippen LogP contribution >= 0.6 is 0 Å². The number of carbonyl (C=O) groups is 1. The van der Waals surface area contributed by atoms with Crippen molar-refractivity contribution in [2.75, 3.05) is 34.4 Å². The fourth-order valence-corrected chi connectivity index (χ4v) is 6.60. The normalized spacial score (nSPS) is 10.9. The second-order valence-electron chi connectivity index (χ2n) is 13.5. The Morgan fingerprint density at radius 1 is 0.561 bits per heavy atom. The highest BCUT2D eigenvalue weighted by Crippen LogP contribution is 2.32. The van der Waals surface area contributed by atoms with E-state index in [4.69, 9.17) is 5.10 Å². The number of aromatic nitrogens is 6. The zero-order valence-electron chi connectivity index (χ0n) is 31.3. The van der Waals surface area contributed by atoms with E-state index in [1.54, 1.807) is 23.4 Å². The summed E-state index contributed by atoms with van der Waals surface area (Å²) in [6.07, 6.45) is 4.94. The molecule has 0 aliphatic heterocycles. The van der Waals surface area contributed by atoms with Crippen molar-refractivity contribution in [1.82, 2.24) is 29.5 Å². The second-order valence-corrected chi connectivity index (χ2v) is 13.5. The number of hydrogen-bond donors (Lipinski definition) is 4. The fourth-order valence-electron chi connectivity index (χ4n) is 6.60. The Hall–Kier alpha value is -7.53. The summed E-state index contributed by atoms with van der Waals surface area (Å²) in [6, 6.07) is 50.6. The summed E-state index contributed by atoms with van der Waals surface area (Å²) >= 11 is 0. The van der Waals surface area contributed by atoms with Gasteiger partial charge in [0.05, 0.1) is 13.1 Å². The van der Waals surface area contributed by atoms with E-state index in [1.807, 2.05) is 71.4 Å². The molecular formula is C46H42N10O. The number of rotatable bonds is 16. The van der Waals surface area contributed by atoms with E-state index in [1.165, 1.54) is 11.9 Å². The molecule has 0 fully saturated rings. The Kier molecular flexibility index (Phi) is 11.3. The van der Waals surface area contributed by atoms with E-state index in [-0.39, 0.29) is 5.91 Å². The van der Waals surface area contributed by atoms with Gasteiger partial charge in [-0.3, -0.25) is 14.2 Å². The molecule has 0 saturated carbocycles. The van der Waals surface area contributed by atoms with Gasteiger partial charge in [0.1, 0.15) is 19.0 Å². The molecule has 0 saturated heterocycles. The van der Waals surface area contributed by atoms with Crippen molar-refractivity contribution in [3.63, 3.8) is 0 Å². The molecule has 0 aliphatic carbocycles. The van der Waals surface area contributed by atoms with E-state index < -0.39 is 0 Å². The molecule has 0 unspecified atom stereocenters. The number of amides is 1. The van der Waals surface area contributed by atoms with Crippen molar-refractivity contribution in [3.8, 4) is 33.6 Å². The lowest BCUT2D eigenvalue weighted by Gasteiger charge is -2.15. The lowest BCUT2D eigenvalue weighted by atomic mass is 10.0. The van der Waals surface area contributed by atoms with Gasteiger partial charge in [0.25, 0.3) is 5.91 Å². The van der Waals surface area contributed by atoms with Gasteiger partial charge in [-0.2, -0.15) is 10.2 Å². The van der Waals surface area contributed by atoms with Gasteiger partial charge in [-0.25, -0.2) is 9.97 Å². The molecule has 1 amide bonds. The Morgan fingerprint density at radius 3 is 1.84 bits per heavy atom. The molecule has 0 atom stereocenters. The first-order chi connectivity index (χ1) is 28.1. The first-order valence-electron chi connectivity index (χ1n) is 18.9. The molecule has 0 aliphatic rings. The average Bonchev–Trinajstić information content (AvgIpc) is 3.97. The molecule has 0 bridgehead atoms. The van der Waals surface area contributed by atoms with Crippen LogP contribution in [0.5, 0.6) is 0 Å². The van der Waals surface area contributed by atoms with Crippen LogP contribution in [0.1, 0.15) is 15.9 Å². The Morgan fingerprint density at radius 2 is 1.18 bits per heavy atom. The molecule has 2 heterocycles. The maximum Gasteiger partial charge on any atom is 0.255 e. The molecule has 8 rings (SSSR count). The first-order valence-corrected chi connectivity index (χ1v) is 18.9. The van der Waals surface area contributed by atoms with Crippen molar-refractivity contribution < 1.29 is 4.79 Å². The van der Waals surface area contributed by atoms with Gasteiger partial charge in [0.15, 0.2) is 5.82 Å². The van der Waals surface area contributed by atoms with Crippen LogP contribution < -0.4 is 21.3 Å². The largest absolute Gasteiger partial charge is 0.383 e. The zero-order valence-corrected chi connectivity index (χ0v) is 31.3. The van der Waals surface area contributed by atoms with Crippen molar-refractivity contribution >= 4 is 28.7 Å². The maximum atomic E-state index is 13.6. The summed E-state index contributed by atoms with van der Waals surface area (Å²) < 4.78 is 3.59. The van der Waals surface area contributed by atoms with E-state index in [2.05, 4.69) is 115 Å². The van der Waals surface area contributed by atoms with Crippen LogP contribution in [0.2, 0.25) is 0 Å². The number of nitrogens with one attached hydrogen (secondary N) is 4. The fraction of sp³-hybridized carbons (Fsp3) is 0.109. The summed E-state index contributed by atoms with van der Waals surface area (Å²) in [5.41, 5.74) is 10.5. The molecule has 57 heavy (non-hydrogen) atoms. The van der Waals surface area contributed by atoms with Crippen LogP contribution in [-0.2, 0) is 19.6 Å². The second kappa shape index (κ2) is 17.7. The summed E-state index contributed by atoms with van der Waals surface area (Å²) in [6.45, 7) is 3.24. The molecule has 11 heteroatoms. The topological polar surface area (TPSA) is 127 Å². The summed E-state index contributed by atoms with van der Waals surface area (Å²) in [5, 5.41) is 22.7. The first kappa shape index (κ1) is 36.4. The van der Waals surface area contributed by atoms with Gasteiger partial charge >= 0.3 is 0 Å². The molecule has 0 spiro atoms.